The molecule has 1 aliphatic rings. The molecule has 0 aromatic carbocycles. The molecule has 1 fully saturated rings. The van der Waals surface area contributed by atoms with E-state index in [4.69, 9.17) is 9.26 Å². The monoisotopic (exact) mass is 335 g/mol. The zero-order valence-corrected chi connectivity index (χ0v) is 14.2. The van der Waals surface area contributed by atoms with Gasteiger partial charge in [0.25, 0.3) is 0 Å². The fraction of sp³-hybridized carbons (Fsp3) is 0.562. The first-order valence-electron chi connectivity index (χ1n) is 7.80. The number of carbonyl (C=O) groups excluding carboxylic acids is 1. The molecule has 1 saturated heterocycles. The van der Waals surface area contributed by atoms with Gasteiger partial charge in [0.1, 0.15) is 5.76 Å². The van der Waals surface area contributed by atoms with Gasteiger partial charge in [-0.25, -0.2) is 4.98 Å². The zero-order chi connectivity index (χ0) is 16.2. The highest BCUT2D eigenvalue weighted by atomic mass is 32.1. The maximum atomic E-state index is 12.2. The summed E-state index contributed by atoms with van der Waals surface area (Å²) in [5.74, 6) is 1.14. The summed E-state index contributed by atoms with van der Waals surface area (Å²) in [5.41, 5.74) is 3.72. The van der Waals surface area contributed by atoms with Gasteiger partial charge in [-0.3, -0.25) is 4.79 Å². The number of hydrogen-bond donors (Lipinski definition) is 1. The Balaban J connectivity index is 1.49. The van der Waals surface area contributed by atoms with E-state index in [1.54, 1.807) is 11.3 Å². The largest absolute Gasteiger partial charge is 0.379 e. The molecule has 6 nitrogen and oxygen atoms in total. The summed E-state index contributed by atoms with van der Waals surface area (Å²) in [6.07, 6.45) is 1.95. The third-order valence-electron chi connectivity index (χ3n) is 4.11. The molecular weight excluding hydrogens is 314 g/mol. The van der Waals surface area contributed by atoms with Crippen molar-refractivity contribution in [3.63, 3.8) is 0 Å². The van der Waals surface area contributed by atoms with Gasteiger partial charge in [0.15, 0.2) is 0 Å². The third-order valence-corrected chi connectivity index (χ3v) is 5.10. The van der Waals surface area contributed by atoms with Crippen LogP contribution in [0.4, 0.5) is 0 Å². The van der Waals surface area contributed by atoms with Gasteiger partial charge in [0.2, 0.25) is 5.91 Å². The van der Waals surface area contributed by atoms with Crippen LogP contribution in [0, 0.1) is 19.8 Å². The van der Waals surface area contributed by atoms with E-state index < -0.39 is 0 Å². The molecule has 0 saturated carbocycles. The molecule has 2 aromatic rings. The molecule has 124 valence electrons. The number of rotatable bonds is 6. The van der Waals surface area contributed by atoms with E-state index in [2.05, 4.69) is 15.5 Å². The highest BCUT2D eigenvalue weighted by Gasteiger charge is 2.30. The number of aromatic nitrogens is 2. The van der Waals surface area contributed by atoms with Crippen LogP contribution in [0.1, 0.15) is 28.4 Å². The summed E-state index contributed by atoms with van der Waals surface area (Å²) in [6.45, 7) is 5.07. The quantitative estimate of drug-likeness (QED) is 0.874. The van der Waals surface area contributed by atoms with Crippen LogP contribution in [0.15, 0.2) is 16.1 Å². The molecule has 0 aliphatic carbocycles. The number of carbonyl (C=O) groups is 1. The van der Waals surface area contributed by atoms with Gasteiger partial charge >= 0.3 is 0 Å². The molecule has 0 unspecified atom stereocenters. The maximum Gasteiger partial charge on any atom is 0.220 e. The Morgan fingerprint density at radius 2 is 2.30 bits per heavy atom. The molecule has 1 aliphatic heterocycles. The van der Waals surface area contributed by atoms with Gasteiger partial charge in [0.05, 0.1) is 36.2 Å². The molecule has 0 spiro atoms. The van der Waals surface area contributed by atoms with E-state index in [-0.39, 0.29) is 17.9 Å². The van der Waals surface area contributed by atoms with Gasteiger partial charge in [0, 0.05) is 29.7 Å². The van der Waals surface area contributed by atoms with Crippen LogP contribution in [0.3, 0.4) is 0 Å². The van der Waals surface area contributed by atoms with Crippen LogP contribution < -0.4 is 5.32 Å². The standard InChI is InChI=1S/C16H21N3O3S/c1-10-5-13(22-19-10)6-12-7-21-8-14(12)18-16(20)4-3-15-11(2)17-9-23-15/h5,9,12,14H,3-4,6-8H2,1-2H3,(H,18,20)/t12-,14+/m1/s1. The highest BCUT2D eigenvalue weighted by Crippen LogP contribution is 2.20. The maximum absolute atomic E-state index is 12.2. The van der Waals surface area contributed by atoms with Gasteiger partial charge in [-0.15, -0.1) is 11.3 Å². The van der Waals surface area contributed by atoms with Gasteiger partial charge in [-0.2, -0.15) is 0 Å². The Kier molecular flexibility index (Phi) is 5.07. The van der Waals surface area contributed by atoms with E-state index in [1.807, 2.05) is 25.4 Å². The Bertz CT molecular complexity index is 667. The molecule has 2 aromatic heterocycles. The summed E-state index contributed by atoms with van der Waals surface area (Å²) < 4.78 is 10.8. The first kappa shape index (κ1) is 16.1. The Morgan fingerprint density at radius 1 is 1.43 bits per heavy atom. The van der Waals surface area contributed by atoms with Crippen molar-refractivity contribution in [1.29, 1.82) is 0 Å². The average Bonchev–Trinajstić information content (AvgIpc) is 3.22. The van der Waals surface area contributed by atoms with Gasteiger partial charge in [-0.05, 0) is 20.3 Å². The molecule has 1 amide bonds. The topological polar surface area (TPSA) is 77.2 Å². The molecule has 23 heavy (non-hydrogen) atoms. The van der Waals surface area contributed by atoms with Crippen molar-refractivity contribution in [2.24, 2.45) is 5.92 Å². The number of amides is 1. The van der Waals surface area contributed by atoms with Crippen LogP contribution in [-0.2, 0) is 22.4 Å². The Labute approximate surface area is 139 Å². The van der Waals surface area contributed by atoms with Crippen molar-refractivity contribution in [1.82, 2.24) is 15.5 Å². The van der Waals surface area contributed by atoms with Crippen molar-refractivity contribution in [3.05, 3.63) is 33.6 Å². The Morgan fingerprint density at radius 3 is 3.00 bits per heavy atom. The summed E-state index contributed by atoms with van der Waals surface area (Å²) in [7, 11) is 0. The van der Waals surface area contributed by atoms with E-state index in [9.17, 15) is 4.79 Å². The summed E-state index contributed by atoms with van der Waals surface area (Å²) in [5, 5.41) is 7.00. The fourth-order valence-electron chi connectivity index (χ4n) is 2.80. The van der Waals surface area contributed by atoms with Crippen LogP contribution in [-0.4, -0.2) is 35.3 Å². The number of hydrogen-bond acceptors (Lipinski definition) is 6. The van der Waals surface area contributed by atoms with Crippen molar-refractivity contribution < 1.29 is 14.1 Å². The lowest BCUT2D eigenvalue weighted by Gasteiger charge is -2.18. The lowest BCUT2D eigenvalue weighted by molar-refractivity contribution is -0.122. The molecular formula is C16H21N3O3S. The van der Waals surface area contributed by atoms with Crippen LogP contribution >= 0.6 is 11.3 Å². The number of nitrogens with one attached hydrogen (secondary N) is 1. The fourth-order valence-corrected chi connectivity index (χ4v) is 3.58. The SMILES string of the molecule is Cc1cc(C[C@@H]2COC[C@@H]2NC(=O)CCc2scnc2C)on1. The summed E-state index contributed by atoms with van der Waals surface area (Å²) >= 11 is 1.60. The highest BCUT2D eigenvalue weighted by molar-refractivity contribution is 7.09. The summed E-state index contributed by atoms with van der Waals surface area (Å²) in [6, 6.07) is 1.97. The number of nitrogens with zero attached hydrogens (tertiary/aromatic N) is 2. The van der Waals surface area contributed by atoms with Crippen LogP contribution in [0.5, 0.6) is 0 Å². The zero-order valence-electron chi connectivity index (χ0n) is 13.4. The van der Waals surface area contributed by atoms with E-state index in [1.165, 1.54) is 4.88 Å². The predicted octanol–water partition coefficient (Wildman–Crippen LogP) is 2.05. The molecule has 1 N–H and O–H groups in total. The van der Waals surface area contributed by atoms with Crippen molar-refractivity contribution in [3.8, 4) is 0 Å². The predicted molar refractivity (Wildman–Crippen MR) is 86.4 cm³/mol. The smallest absolute Gasteiger partial charge is 0.220 e. The van der Waals surface area contributed by atoms with Gasteiger partial charge in [-0.1, -0.05) is 5.16 Å². The molecule has 7 heteroatoms. The van der Waals surface area contributed by atoms with Crippen molar-refractivity contribution in [2.45, 2.75) is 39.2 Å². The summed E-state index contributed by atoms with van der Waals surface area (Å²) in [4.78, 5) is 17.6. The number of thiazole rings is 1. The lowest BCUT2D eigenvalue weighted by atomic mass is 9.98. The molecule has 0 bridgehead atoms. The van der Waals surface area contributed by atoms with Gasteiger partial charge < -0.3 is 14.6 Å². The van der Waals surface area contributed by atoms with Crippen LogP contribution in [0.25, 0.3) is 0 Å². The second kappa shape index (κ2) is 7.23. The van der Waals surface area contributed by atoms with Crippen molar-refractivity contribution in [2.75, 3.05) is 13.2 Å². The van der Waals surface area contributed by atoms with Crippen molar-refractivity contribution >= 4 is 17.2 Å². The number of ether oxygens (including phenoxy) is 1. The van der Waals surface area contributed by atoms with Crippen LogP contribution in [0.2, 0.25) is 0 Å². The Hall–Kier alpha value is -1.73. The van der Waals surface area contributed by atoms with E-state index in [0.717, 1.165) is 30.0 Å². The normalized spacial score (nSPS) is 20.8. The minimum Gasteiger partial charge on any atom is -0.379 e. The second-order valence-electron chi connectivity index (χ2n) is 5.97. The third kappa shape index (κ3) is 4.17. The molecule has 0 radical (unpaired) electrons. The first-order chi connectivity index (χ1) is 11.1. The van der Waals surface area contributed by atoms with E-state index in [0.29, 0.717) is 19.6 Å². The number of aryl methyl sites for hydroxylation is 3. The molecule has 2 atom stereocenters. The minimum atomic E-state index is 0.0375. The first-order valence-corrected chi connectivity index (χ1v) is 8.68. The average molecular weight is 335 g/mol. The molecule has 3 rings (SSSR count). The second-order valence-corrected chi connectivity index (χ2v) is 6.91. The lowest BCUT2D eigenvalue weighted by Crippen LogP contribution is -2.40. The minimum absolute atomic E-state index is 0.0375. The molecule has 3 heterocycles. The van der Waals surface area contributed by atoms with E-state index >= 15 is 0 Å².